The maximum Gasteiger partial charge on any atom is 0.169 e. The van der Waals surface area contributed by atoms with Crippen LogP contribution in [0.1, 0.15) is 37.6 Å². The molecule has 1 aromatic rings. The molecule has 0 amide bonds. The number of hydrogen-bond donors (Lipinski definition) is 1. The van der Waals surface area contributed by atoms with Gasteiger partial charge in [0.15, 0.2) is 5.82 Å². The quantitative estimate of drug-likeness (QED) is 0.885. The monoisotopic (exact) mass is 259 g/mol. The highest BCUT2D eigenvalue weighted by molar-refractivity contribution is 5.58. The third-order valence-electron chi connectivity index (χ3n) is 3.61. The molecular formula is C14H21N5. The van der Waals surface area contributed by atoms with Gasteiger partial charge in [-0.05, 0) is 25.3 Å². The summed E-state index contributed by atoms with van der Waals surface area (Å²) in [4.78, 5) is 2.17. The lowest BCUT2D eigenvalue weighted by molar-refractivity contribution is 0.480. The molecule has 2 heterocycles. The first-order chi connectivity index (χ1) is 9.21. The van der Waals surface area contributed by atoms with E-state index in [1.54, 1.807) is 0 Å². The molecule has 0 aromatic carbocycles. The predicted molar refractivity (Wildman–Crippen MR) is 75.2 cm³/mol. The number of piperazine rings is 1. The van der Waals surface area contributed by atoms with Crippen molar-refractivity contribution < 1.29 is 0 Å². The first-order valence-electron chi connectivity index (χ1n) is 6.98. The van der Waals surface area contributed by atoms with Crippen LogP contribution in [-0.2, 0) is 12.8 Å². The van der Waals surface area contributed by atoms with E-state index >= 15 is 0 Å². The molecule has 102 valence electrons. The topological polar surface area (TPSA) is 64.8 Å². The molecule has 0 radical (unpaired) electrons. The third kappa shape index (κ3) is 2.69. The highest BCUT2D eigenvalue weighted by Crippen LogP contribution is 2.23. The summed E-state index contributed by atoms with van der Waals surface area (Å²) in [6.07, 6.45) is 1.65. The molecule has 1 N–H and O–H groups in total. The van der Waals surface area contributed by atoms with E-state index in [0.29, 0.717) is 11.6 Å². The molecule has 19 heavy (non-hydrogen) atoms. The number of anilines is 1. The summed E-state index contributed by atoms with van der Waals surface area (Å²) in [5.41, 5.74) is 2.72. The molecule has 1 aromatic heterocycles. The van der Waals surface area contributed by atoms with E-state index in [1.165, 1.54) is 0 Å². The molecule has 1 atom stereocenters. The van der Waals surface area contributed by atoms with Crippen molar-refractivity contribution >= 4 is 5.82 Å². The Bertz CT molecular complexity index is 491. The van der Waals surface area contributed by atoms with Gasteiger partial charge in [0, 0.05) is 25.7 Å². The van der Waals surface area contributed by atoms with E-state index in [1.807, 2.05) is 0 Å². The summed E-state index contributed by atoms with van der Waals surface area (Å²) in [6, 6.07) is 2.75. The van der Waals surface area contributed by atoms with E-state index in [2.05, 4.69) is 47.3 Å². The summed E-state index contributed by atoms with van der Waals surface area (Å²) in [5.74, 6) is 0.755. The van der Waals surface area contributed by atoms with Crippen LogP contribution in [0.2, 0.25) is 0 Å². The molecule has 0 spiro atoms. The van der Waals surface area contributed by atoms with Gasteiger partial charge >= 0.3 is 0 Å². The Labute approximate surface area is 114 Å². The Hall–Kier alpha value is -1.67. The standard InChI is InChI=1S/C14H21N5/c1-4-11-12(8-15)14(18-17-13(11)5-2)19-7-6-16-10(3)9-19/h10,16H,4-7,9H2,1-3H3/t10-/m0/s1. The van der Waals surface area contributed by atoms with Crippen molar-refractivity contribution in [3.63, 3.8) is 0 Å². The van der Waals surface area contributed by atoms with E-state index in [0.717, 1.165) is 49.6 Å². The molecule has 1 fully saturated rings. The highest BCUT2D eigenvalue weighted by Gasteiger charge is 2.22. The number of nitrogens with one attached hydrogen (secondary N) is 1. The van der Waals surface area contributed by atoms with Crippen LogP contribution in [0.25, 0.3) is 0 Å². The van der Waals surface area contributed by atoms with Gasteiger partial charge in [-0.3, -0.25) is 0 Å². The second kappa shape index (κ2) is 5.98. The molecule has 1 aliphatic rings. The zero-order valence-electron chi connectivity index (χ0n) is 11.9. The molecule has 1 aliphatic heterocycles. The van der Waals surface area contributed by atoms with Crippen molar-refractivity contribution in [1.82, 2.24) is 15.5 Å². The summed E-state index contributed by atoms with van der Waals surface area (Å²) in [6.45, 7) is 8.94. The number of aryl methyl sites for hydroxylation is 1. The Morgan fingerprint density at radius 1 is 1.37 bits per heavy atom. The molecule has 1 saturated heterocycles. The van der Waals surface area contributed by atoms with E-state index < -0.39 is 0 Å². The summed E-state index contributed by atoms with van der Waals surface area (Å²) < 4.78 is 0. The van der Waals surface area contributed by atoms with Gasteiger partial charge in [-0.2, -0.15) is 10.4 Å². The minimum atomic E-state index is 0.415. The van der Waals surface area contributed by atoms with Crippen LogP contribution in [0.15, 0.2) is 0 Å². The van der Waals surface area contributed by atoms with Crippen LogP contribution in [0.4, 0.5) is 5.82 Å². The summed E-state index contributed by atoms with van der Waals surface area (Å²) >= 11 is 0. The zero-order chi connectivity index (χ0) is 13.8. The Morgan fingerprint density at radius 3 is 2.74 bits per heavy atom. The average Bonchev–Trinajstić information content (AvgIpc) is 2.45. The largest absolute Gasteiger partial charge is 0.351 e. The van der Waals surface area contributed by atoms with Crippen LogP contribution in [0.5, 0.6) is 0 Å². The number of nitriles is 1. The second-order valence-corrected chi connectivity index (χ2v) is 4.94. The van der Waals surface area contributed by atoms with E-state index in [9.17, 15) is 5.26 Å². The third-order valence-corrected chi connectivity index (χ3v) is 3.61. The second-order valence-electron chi connectivity index (χ2n) is 4.94. The van der Waals surface area contributed by atoms with E-state index in [4.69, 9.17) is 0 Å². The van der Waals surface area contributed by atoms with Gasteiger partial charge in [-0.1, -0.05) is 13.8 Å². The molecule has 0 aliphatic carbocycles. The van der Waals surface area contributed by atoms with Crippen molar-refractivity contribution in [1.29, 1.82) is 5.26 Å². The van der Waals surface area contributed by atoms with Crippen LogP contribution in [0.3, 0.4) is 0 Å². The normalized spacial score (nSPS) is 19.3. The lowest BCUT2D eigenvalue weighted by Gasteiger charge is -2.33. The van der Waals surface area contributed by atoms with Crippen LogP contribution < -0.4 is 10.2 Å². The van der Waals surface area contributed by atoms with Gasteiger partial charge in [-0.25, -0.2) is 0 Å². The highest BCUT2D eigenvalue weighted by atomic mass is 15.3. The first kappa shape index (κ1) is 13.8. The first-order valence-corrected chi connectivity index (χ1v) is 6.98. The van der Waals surface area contributed by atoms with Crippen LogP contribution in [0, 0.1) is 11.3 Å². The Morgan fingerprint density at radius 2 is 2.16 bits per heavy atom. The molecule has 5 nitrogen and oxygen atoms in total. The van der Waals surface area contributed by atoms with Gasteiger partial charge in [0.25, 0.3) is 0 Å². The average molecular weight is 259 g/mol. The van der Waals surface area contributed by atoms with Gasteiger partial charge in [0.1, 0.15) is 11.6 Å². The SMILES string of the molecule is CCc1nnc(N2CCN[C@@H](C)C2)c(C#N)c1CC. The number of rotatable bonds is 3. The maximum absolute atomic E-state index is 9.49. The Balaban J connectivity index is 2.43. The fourth-order valence-electron chi connectivity index (χ4n) is 2.63. The summed E-state index contributed by atoms with van der Waals surface area (Å²) in [7, 11) is 0. The fourth-order valence-corrected chi connectivity index (χ4v) is 2.63. The van der Waals surface area contributed by atoms with Gasteiger partial charge < -0.3 is 10.2 Å². The molecule has 2 rings (SSSR count). The van der Waals surface area contributed by atoms with Crippen molar-refractivity contribution in [2.45, 2.75) is 39.7 Å². The van der Waals surface area contributed by atoms with E-state index in [-0.39, 0.29) is 0 Å². The maximum atomic E-state index is 9.49. The van der Waals surface area contributed by atoms with Crippen LogP contribution in [-0.4, -0.2) is 35.9 Å². The summed E-state index contributed by atoms with van der Waals surface area (Å²) in [5, 5.41) is 21.5. The van der Waals surface area contributed by atoms with Crippen molar-refractivity contribution in [3.05, 3.63) is 16.8 Å². The van der Waals surface area contributed by atoms with Crippen molar-refractivity contribution in [3.8, 4) is 6.07 Å². The molecule has 0 unspecified atom stereocenters. The van der Waals surface area contributed by atoms with Crippen molar-refractivity contribution in [2.75, 3.05) is 24.5 Å². The lowest BCUT2D eigenvalue weighted by atomic mass is 10.0. The molecular weight excluding hydrogens is 238 g/mol. The van der Waals surface area contributed by atoms with Crippen molar-refractivity contribution in [2.24, 2.45) is 0 Å². The lowest BCUT2D eigenvalue weighted by Crippen LogP contribution is -2.50. The molecule has 0 bridgehead atoms. The molecule has 5 heteroatoms. The number of hydrogen-bond acceptors (Lipinski definition) is 5. The van der Waals surface area contributed by atoms with Crippen LogP contribution >= 0.6 is 0 Å². The Kier molecular flexibility index (Phi) is 4.33. The smallest absolute Gasteiger partial charge is 0.169 e. The predicted octanol–water partition coefficient (Wildman–Crippen LogP) is 1.27. The van der Waals surface area contributed by atoms with Gasteiger partial charge in [-0.15, -0.1) is 5.10 Å². The minimum absolute atomic E-state index is 0.415. The number of aromatic nitrogens is 2. The zero-order valence-corrected chi connectivity index (χ0v) is 11.9. The molecule has 0 saturated carbocycles. The van der Waals surface area contributed by atoms with Gasteiger partial charge in [0.05, 0.1) is 5.69 Å². The number of nitrogens with zero attached hydrogens (tertiary/aromatic N) is 4. The fraction of sp³-hybridized carbons (Fsp3) is 0.643. The van der Waals surface area contributed by atoms with Gasteiger partial charge in [0.2, 0.25) is 0 Å². The minimum Gasteiger partial charge on any atom is -0.351 e.